The Balaban J connectivity index is 2.01. The number of hydrogen-bond donors (Lipinski definition) is 2. The van der Waals surface area contributed by atoms with Crippen LogP contribution >= 0.6 is 8.03 Å². The minimum Gasteiger partial charge on any atom is -0.387 e. The number of H-pyrrole nitrogens is 1. The first-order valence-corrected chi connectivity index (χ1v) is 9.11. The molecule has 2 saturated heterocycles. The molecule has 132 valence electrons. The summed E-state index contributed by atoms with van der Waals surface area (Å²) in [5.41, 5.74) is -2.99. The van der Waals surface area contributed by atoms with E-state index >= 15 is 0 Å². The van der Waals surface area contributed by atoms with Gasteiger partial charge in [-0.2, -0.15) is 0 Å². The number of nitrogens with one attached hydrogen (secondary N) is 1. The highest BCUT2D eigenvalue weighted by Crippen LogP contribution is 2.54. The minimum absolute atomic E-state index is 0.142. The summed E-state index contributed by atoms with van der Waals surface area (Å²) >= 11 is 0. The van der Waals surface area contributed by atoms with Crippen LogP contribution in [0, 0.1) is 6.92 Å². The van der Waals surface area contributed by atoms with Crippen molar-refractivity contribution in [3.05, 3.63) is 32.6 Å². The Morgan fingerprint density at radius 2 is 2.08 bits per heavy atom. The van der Waals surface area contributed by atoms with Gasteiger partial charge in [0.1, 0.15) is 18.8 Å². The molecule has 10 heteroatoms. The van der Waals surface area contributed by atoms with Gasteiger partial charge in [-0.25, -0.2) is 4.79 Å². The number of fused-ring (bicyclic) bond motifs is 2. The molecule has 5 atom stereocenters. The van der Waals surface area contributed by atoms with E-state index in [1.807, 2.05) is 0 Å². The maximum atomic E-state index is 12.1. The maximum Gasteiger partial charge on any atom is 0.504 e. The second-order valence-electron chi connectivity index (χ2n) is 6.63. The van der Waals surface area contributed by atoms with Gasteiger partial charge in [-0.05, 0) is 25.3 Å². The van der Waals surface area contributed by atoms with Crippen molar-refractivity contribution in [3.8, 4) is 0 Å². The molecule has 1 aromatic heterocycles. The molecule has 1 aromatic rings. The quantitative estimate of drug-likeness (QED) is 0.728. The van der Waals surface area contributed by atoms with Crippen LogP contribution in [0.5, 0.6) is 0 Å². The molecule has 2 fully saturated rings. The van der Waals surface area contributed by atoms with Gasteiger partial charge in [0.2, 0.25) is 0 Å². The lowest BCUT2D eigenvalue weighted by molar-refractivity contribution is -0.256. The predicted molar refractivity (Wildman–Crippen MR) is 83.4 cm³/mol. The molecule has 24 heavy (non-hydrogen) atoms. The van der Waals surface area contributed by atoms with Gasteiger partial charge >= 0.3 is 13.7 Å². The molecule has 1 unspecified atom stereocenters. The molecule has 0 saturated carbocycles. The Bertz CT molecular complexity index is 801. The standard InChI is InChI=1S/C14H19N2O7P/c1-7-5-16(12(19)15-10(7)18)11-8-9(17)14(23-11,6-21-24(4)20)13(2,3)22-8/h5,8-9,11,17H,6H2,1-4H3/p+1/t8-,9+,11-,14-/m1/s1. The molecule has 2 N–H and O–H groups in total. The highest BCUT2D eigenvalue weighted by Gasteiger charge is 2.71. The highest BCUT2D eigenvalue weighted by atomic mass is 31.1. The van der Waals surface area contributed by atoms with Crippen LogP contribution < -0.4 is 11.2 Å². The number of hydrogen-bond acceptors (Lipinski definition) is 7. The van der Waals surface area contributed by atoms with Gasteiger partial charge in [0.15, 0.2) is 18.5 Å². The Hall–Kier alpha value is -1.38. The summed E-state index contributed by atoms with van der Waals surface area (Å²) in [5.74, 6) is 0. The fraction of sp³-hybridized carbons (Fsp3) is 0.714. The number of aliphatic hydroxyl groups is 1. The third-order valence-electron chi connectivity index (χ3n) is 4.73. The normalized spacial score (nSPS) is 34.5. The van der Waals surface area contributed by atoms with Crippen molar-refractivity contribution in [1.29, 1.82) is 0 Å². The van der Waals surface area contributed by atoms with Crippen LogP contribution in [0.25, 0.3) is 0 Å². The van der Waals surface area contributed by atoms with Crippen molar-refractivity contribution in [2.75, 3.05) is 13.3 Å². The zero-order valence-electron chi connectivity index (χ0n) is 13.8. The topological polar surface area (TPSA) is 120 Å². The Kier molecular flexibility index (Phi) is 4.05. The lowest BCUT2D eigenvalue weighted by Crippen LogP contribution is -2.57. The van der Waals surface area contributed by atoms with E-state index in [-0.39, 0.29) is 6.61 Å². The highest BCUT2D eigenvalue weighted by molar-refractivity contribution is 7.38. The van der Waals surface area contributed by atoms with Gasteiger partial charge in [-0.15, -0.1) is 4.52 Å². The average molecular weight is 359 g/mol. The summed E-state index contributed by atoms with van der Waals surface area (Å²) in [4.78, 5) is 25.8. The zero-order chi connectivity index (χ0) is 17.9. The number of aliphatic hydroxyl groups excluding tert-OH is 1. The van der Waals surface area contributed by atoms with Gasteiger partial charge < -0.3 is 14.6 Å². The summed E-state index contributed by atoms with van der Waals surface area (Å²) in [6.45, 7) is 6.29. The molecular weight excluding hydrogens is 339 g/mol. The first-order valence-electron chi connectivity index (χ1n) is 7.48. The largest absolute Gasteiger partial charge is 0.504 e. The van der Waals surface area contributed by atoms with Crippen LogP contribution in [0.2, 0.25) is 0 Å². The van der Waals surface area contributed by atoms with Crippen LogP contribution in [-0.2, 0) is 18.6 Å². The zero-order valence-corrected chi connectivity index (χ0v) is 14.7. The number of ether oxygens (including phenoxy) is 2. The summed E-state index contributed by atoms with van der Waals surface area (Å²) in [5, 5.41) is 10.7. The number of aryl methyl sites for hydroxylation is 1. The van der Waals surface area contributed by atoms with Crippen LogP contribution in [0.3, 0.4) is 0 Å². The molecular formula is C14H20N2O7P+. The third-order valence-corrected chi connectivity index (χ3v) is 5.22. The van der Waals surface area contributed by atoms with Crippen molar-refractivity contribution < 1.29 is 23.7 Å². The van der Waals surface area contributed by atoms with Crippen molar-refractivity contribution in [3.63, 3.8) is 0 Å². The molecule has 0 aliphatic carbocycles. The molecule has 0 spiro atoms. The summed E-state index contributed by atoms with van der Waals surface area (Å²) in [7, 11) is -1.89. The van der Waals surface area contributed by atoms with Crippen LogP contribution in [0.15, 0.2) is 15.8 Å². The van der Waals surface area contributed by atoms with Crippen molar-refractivity contribution in [2.24, 2.45) is 0 Å². The molecule has 2 aliphatic rings. The number of nitrogens with zero attached hydrogens (tertiary/aromatic N) is 1. The third kappa shape index (κ3) is 2.39. The van der Waals surface area contributed by atoms with Crippen LogP contribution in [-0.4, -0.2) is 51.3 Å². The van der Waals surface area contributed by atoms with Crippen molar-refractivity contribution in [2.45, 2.75) is 50.4 Å². The second kappa shape index (κ2) is 5.57. The second-order valence-corrected chi connectivity index (χ2v) is 7.76. The summed E-state index contributed by atoms with van der Waals surface area (Å²) in [6, 6.07) is 0. The lowest BCUT2D eigenvalue weighted by Gasteiger charge is -2.41. The van der Waals surface area contributed by atoms with Crippen molar-refractivity contribution >= 4 is 8.03 Å². The molecule has 3 rings (SSSR count). The van der Waals surface area contributed by atoms with E-state index in [2.05, 4.69) is 4.98 Å². The summed E-state index contributed by atoms with van der Waals surface area (Å²) in [6.07, 6.45) is -1.45. The first kappa shape index (κ1) is 17.4. The van der Waals surface area contributed by atoms with Gasteiger partial charge in [0, 0.05) is 11.8 Å². The fourth-order valence-corrected chi connectivity index (χ4v) is 3.68. The van der Waals surface area contributed by atoms with Crippen molar-refractivity contribution in [1.82, 2.24) is 9.55 Å². The fourth-order valence-electron chi connectivity index (χ4n) is 3.30. The van der Waals surface area contributed by atoms with E-state index in [4.69, 9.17) is 14.0 Å². The van der Waals surface area contributed by atoms with Gasteiger partial charge in [0.05, 0.1) is 5.60 Å². The molecule has 2 bridgehead atoms. The monoisotopic (exact) mass is 359 g/mol. The molecule has 9 nitrogen and oxygen atoms in total. The average Bonchev–Trinajstić information content (AvgIpc) is 2.85. The van der Waals surface area contributed by atoms with E-state index in [0.717, 1.165) is 0 Å². The molecule has 3 heterocycles. The predicted octanol–water partition coefficient (Wildman–Crippen LogP) is 0.0397. The van der Waals surface area contributed by atoms with Gasteiger partial charge in [-0.3, -0.25) is 14.3 Å². The molecule has 2 aliphatic heterocycles. The Labute approximate surface area is 138 Å². The lowest BCUT2D eigenvalue weighted by atomic mass is 9.84. The van der Waals surface area contributed by atoms with E-state index in [9.17, 15) is 19.3 Å². The van der Waals surface area contributed by atoms with E-state index < -0.39 is 48.9 Å². The maximum absolute atomic E-state index is 12.1. The number of rotatable bonds is 4. The molecule has 0 amide bonds. The summed E-state index contributed by atoms with van der Waals surface area (Å²) < 4.78 is 29.6. The van der Waals surface area contributed by atoms with E-state index in [0.29, 0.717) is 5.56 Å². The van der Waals surface area contributed by atoms with Crippen LogP contribution in [0.1, 0.15) is 25.6 Å². The number of aromatic amines is 1. The number of aromatic nitrogens is 2. The van der Waals surface area contributed by atoms with Crippen LogP contribution in [0.4, 0.5) is 0 Å². The SMILES string of the molecule is Cc1cn([C@@H]2O[C@]3(CO[P+](C)=O)[C@@H](O)[C@H]2OC3(C)C)c(=O)[nH]c1=O. The smallest absolute Gasteiger partial charge is 0.387 e. The Morgan fingerprint density at radius 3 is 2.71 bits per heavy atom. The van der Waals surface area contributed by atoms with Gasteiger partial charge in [0.25, 0.3) is 5.56 Å². The molecule has 0 aromatic carbocycles. The van der Waals surface area contributed by atoms with Gasteiger partial charge in [-0.1, -0.05) is 0 Å². The molecule has 0 radical (unpaired) electrons. The Morgan fingerprint density at radius 1 is 1.42 bits per heavy atom. The minimum atomic E-state index is -1.89. The van der Waals surface area contributed by atoms with E-state index in [1.54, 1.807) is 20.8 Å². The first-order chi connectivity index (χ1) is 11.1. The van der Waals surface area contributed by atoms with E-state index in [1.165, 1.54) is 17.4 Å².